The van der Waals surface area contributed by atoms with Crippen molar-refractivity contribution in [3.8, 4) is 5.75 Å². The molecule has 0 aliphatic heterocycles. The molecule has 0 amide bonds. The van der Waals surface area contributed by atoms with Gasteiger partial charge in [-0.15, -0.1) is 6.58 Å². The fraction of sp³-hybridized carbons (Fsp3) is 0.429. The third-order valence-electron chi connectivity index (χ3n) is 2.55. The minimum atomic E-state index is -0.326. The molecule has 0 aliphatic carbocycles. The van der Waals surface area contributed by atoms with E-state index in [9.17, 15) is 5.11 Å². The maximum absolute atomic E-state index is 9.87. The van der Waals surface area contributed by atoms with Gasteiger partial charge in [0.15, 0.2) is 0 Å². The molecule has 1 aromatic rings. The number of ether oxygens (including phenoxy) is 1. The van der Waals surface area contributed by atoms with Crippen LogP contribution in [0.2, 0.25) is 0 Å². The Morgan fingerprint density at radius 2 is 2.12 bits per heavy atom. The van der Waals surface area contributed by atoms with E-state index in [4.69, 9.17) is 4.74 Å². The lowest BCUT2D eigenvalue weighted by Gasteiger charge is -2.13. The molecule has 0 saturated heterocycles. The lowest BCUT2D eigenvalue weighted by molar-refractivity contribution is 0.164. The highest BCUT2D eigenvalue weighted by molar-refractivity contribution is 5.33. The van der Waals surface area contributed by atoms with Gasteiger partial charge >= 0.3 is 0 Å². The van der Waals surface area contributed by atoms with E-state index in [0.717, 1.165) is 29.7 Å². The van der Waals surface area contributed by atoms with Gasteiger partial charge in [0.2, 0.25) is 0 Å². The van der Waals surface area contributed by atoms with E-state index in [2.05, 4.69) is 6.58 Å². The molecule has 0 fully saturated rings. The second kappa shape index (κ2) is 6.33. The van der Waals surface area contributed by atoms with Crippen molar-refractivity contribution in [2.75, 3.05) is 7.11 Å². The molecule has 1 rings (SSSR count). The molecule has 2 heteroatoms. The van der Waals surface area contributed by atoms with Gasteiger partial charge in [0.25, 0.3) is 0 Å². The fourth-order valence-corrected chi connectivity index (χ4v) is 1.64. The number of hydrogen-bond acceptors (Lipinski definition) is 2. The SMILES string of the molecule is C=C(C)CCC(O)Cc1ccccc1OC. The number of para-hydroxylation sites is 1. The maximum Gasteiger partial charge on any atom is 0.122 e. The molecule has 1 aromatic carbocycles. The van der Waals surface area contributed by atoms with Gasteiger partial charge in [-0.1, -0.05) is 23.8 Å². The molecule has 1 atom stereocenters. The number of aliphatic hydroxyl groups is 1. The molecular formula is C14H20O2. The lowest BCUT2D eigenvalue weighted by Crippen LogP contribution is -2.11. The first kappa shape index (κ1) is 12.8. The van der Waals surface area contributed by atoms with Gasteiger partial charge in [-0.2, -0.15) is 0 Å². The van der Waals surface area contributed by atoms with Gasteiger partial charge in [-0.05, 0) is 31.4 Å². The van der Waals surface area contributed by atoms with Gasteiger partial charge in [0, 0.05) is 6.42 Å². The molecule has 0 spiro atoms. The third-order valence-corrected chi connectivity index (χ3v) is 2.55. The van der Waals surface area contributed by atoms with Crippen LogP contribution in [0.25, 0.3) is 0 Å². The Bertz CT molecular complexity index is 344. The summed E-state index contributed by atoms with van der Waals surface area (Å²) in [6.45, 7) is 5.81. The van der Waals surface area contributed by atoms with E-state index in [1.807, 2.05) is 31.2 Å². The average molecular weight is 220 g/mol. The normalized spacial score (nSPS) is 12.2. The number of aliphatic hydroxyl groups excluding tert-OH is 1. The van der Waals surface area contributed by atoms with Crippen LogP contribution in [-0.2, 0) is 6.42 Å². The van der Waals surface area contributed by atoms with Crippen LogP contribution in [0.15, 0.2) is 36.4 Å². The molecule has 0 radical (unpaired) electrons. The quantitative estimate of drug-likeness (QED) is 0.747. The van der Waals surface area contributed by atoms with Crippen molar-refractivity contribution in [1.82, 2.24) is 0 Å². The van der Waals surface area contributed by atoms with E-state index in [1.54, 1.807) is 7.11 Å². The van der Waals surface area contributed by atoms with E-state index in [1.165, 1.54) is 0 Å². The van der Waals surface area contributed by atoms with Crippen molar-refractivity contribution < 1.29 is 9.84 Å². The predicted octanol–water partition coefficient (Wildman–Crippen LogP) is 2.95. The highest BCUT2D eigenvalue weighted by Gasteiger charge is 2.09. The molecule has 1 unspecified atom stereocenters. The van der Waals surface area contributed by atoms with Crippen molar-refractivity contribution >= 4 is 0 Å². The minimum absolute atomic E-state index is 0.326. The van der Waals surface area contributed by atoms with Gasteiger partial charge in [0.05, 0.1) is 13.2 Å². The van der Waals surface area contributed by atoms with Crippen LogP contribution < -0.4 is 4.74 Å². The van der Waals surface area contributed by atoms with Crippen LogP contribution in [0.3, 0.4) is 0 Å². The Morgan fingerprint density at radius 1 is 1.44 bits per heavy atom. The summed E-state index contributed by atoms with van der Waals surface area (Å²) in [5.74, 6) is 0.844. The Kier molecular flexibility index (Phi) is 5.06. The van der Waals surface area contributed by atoms with Crippen molar-refractivity contribution in [1.29, 1.82) is 0 Å². The summed E-state index contributed by atoms with van der Waals surface area (Å²) >= 11 is 0. The van der Waals surface area contributed by atoms with Crippen LogP contribution in [0.4, 0.5) is 0 Å². The predicted molar refractivity (Wildman–Crippen MR) is 66.8 cm³/mol. The summed E-state index contributed by atoms with van der Waals surface area (Å²) in [5, 5.41) is 9.87. The summed E-state index contributed by atoms with van der Waals surface area (Å²) in [6, 6.07) is 7.80. The largest absolute Gasteiger partial charge is 0.496 e. The smallest absolute Gasteiger partial charge is 0.122 e. The highest BCUT2D eigenvalue weighted by Crippen LogP contribution is 2.20. The number of allylic oxidation sites excluding steroid dienone is 1. The summed E-state index contributed by atoms with van der Waals surface area (Å²) in [6.07, 6.45) is 1.94. The standard InChI is InChI=1S/C14H20O2/c1-11(2)8-9-13(15)10-12-6-4-5-7-14(12)16-3/h4-7,13,15H,1,8-10H2,2-3H3. The summed E-state index contributed by atoms with van der Waals surface area (Å²) in [5.41, 5.74) is 2.17. The van der Waals surface area contributed by atoms with Crippen molar-refractivity contribution in [2.45, 2.75) is 32.3 Å². The minimum Gasteiger partial charge on any atom is -0.496 e. The first-order valence-corrected chi connectivity index (χ1v) is 5.58. The summed E-state index contributed by atoms with van der Waals surface area (Å²) in [7, 11) is 1.65. The molecule has 88 valence electrons. The number of rotatable bonds is 6. The van der Waals surface area contributed by atoms with Crippen LogP contribution in [0.1, 0.15) is 25.3 Å². The van der Waals surface area contributed by atoms with Crippen molar-refractivity contribution in [3.63, 3.8) is 0 Å². The molecule has 0 saturated carbocycles. The van der Waals surface area contributed by atoms with E-state index in [0.29, 0.717) is 6.42 Å². The van der Waals surface area contributed by atoms with Crippen LogP contribution in [-0.4, -0.2) is 18.3 Å². The second-order valence-corrected chi connectivity index (χ2v) is 4.17. The highest BCUT2D eigenvalue weighted by atomic mass is 16.5. The zero-order chi connectivity index (χ0) is 12.0. The van der Waals surface area contributed by atoms with Crippen LogP contribution in [0.5, 0.6) is 5.75 Å². The molecule has 2 nitrogen and oxygen atoms in total. The van der Waals surface area contributed by atoms with Crippen LogP contribution >= 0.6 is 0 Å². The number of benzene rings is 1. The summed E-state index contributed by atoms with van der Waals surface area (Å²) in [4.78, 5) is 0. The number of methoxy groups -OCH3 is 1. The average Bonchev–Trinajstić information content (AvgIpc) is 2.27. The Balaban J connectivity index is 2.55. The van der Waals surface area contributed by atoms with Gasteiger partial charge < -0.3 is 9.84 Å². The topological polar surface area (TPSA) is 29.5 Å². The van der Waals surface area contributed by atoms with Crippen LogP contribution in [0, 0.1) is 0 Å². The molecular weight excluding hydrogens is 200 g/mol. The first-order chi connectivity index (χ1) is 7.63. The molecule has 16 heavy (non-hydrogen) atoms. The molecule has 0 bridgehead atoms. The van der Waals surface area contributed by atoms with Crippen molar-refractivity contribution in [2.24, 2.45) is 0 Å². The first-order valence-electron chi connectivity index (χ1n) is 5.58. The molecule has 1 N–H and O–H groups in total. The zero-order valence-electron chi connectivity index (χ0n) is 10.1. The summed E-state index contributed by atoms with van der Waals surface area (Å²) < 4.78 is 5.24. The third kappa shape index (κ3) is 4.07. The van der Waals surface area contributed by atoms with Crippen molar-refractivity contribution in [3.05, 3.63) is 42.0 Å². The van der Waals surface area contributed by atoms with Gasteiger partial charge in [0.1, 0.15) is 5.75 Å². The maximum atomic E-state index is 9.87. The monoisotopic (exact) mass is 220 g/mol. The lowest BCUT2D eigenvalue weighted by atomic mass is 10.0. The fourth-order valence-electron chi connectivity index (χ4n) is 1.64. The van der Waals surface area contributed by atoms with Gasteiger partial charge in [-0.25, -0.2) is 0 Å². The second-order valence-electron chi connectivity index (χ2n) is 4.17. The Labute approximate surface area is 97.6 Å². The zero-order valence-corrected chi connectivity index (χ0v) is 10.1. The van der Waals surface area contributed by atoms with E-state index >= 15 is 0 Å². The molecule has 0 heterocycles. The molecule has 0 aliphatic rings. The van der Waals surface area contributed by atoms with E-state index in [-0.39, 0.29) is 6.10 Å². The Hall–Kier alpha value is -1.28. The van der Waals surface area contributed by atoms with E-state index < -0.39 is 0 Å². The molecule has 0 aromatic heterocycles. The number of hydrogen-bond donors (Lipinski definition) is 1. The Morgan fingerprint density at radius 3 is 2.75 bits per heavy atom. The van der Waals surface area contributed by atoms with Gasteiger partial charge in [-0.3, -0.25) is 0 Å².